The van der Waals surface area contributed by atoms with Crippen LogP contribution in [0.25, 0.3) is 75.5 Å². The molecule has 0 amide bonds. The second-order valence-corrected chi connectivity index (χ2v) is 14.7. The summed E-state index contributed by atoms with van der Waals surface area (Å²) in [6.07, 6.45) is 0. The Morgan fingerprint density at radius 1 is 0.278 bits per heavy atom. The molecule has 0 bridgehead atoms. The zero-order valence-electron chi connectivity index (χ0n) is 29.6. The molecule has 0 fully saturated rings. The Kier molecular flexibility index (Phi) is 8.09. The van der Waals surface area contributed by atoms with E-state index in [1.54, 1.807) is 0 Å². The minimum absolute atomic E-state index is 1.11. The van der Waals surface area contributed by atoms with E-state index in [1.807, 2.05) is 11.3 Å². The van der Waals surface area contributed by atoms with Gasteiger partial charge < -0.3 is 4.90 Å². The maximum atomic E-state index is 2.38. The zero-order chi connectivity index (χ0) is 35.8. The number of anilines is 3. The Bertz CT molecular complexity index is 2910. The van der Waals surface area contributed by atoms with Gasteiger partial charge in [-0.25, -0.2) is 0 Å². The molecule has 10 aromatic rings. The van der Waals surface area contributed by atoms with Crippen LogP contribution >= 0.6 is 11.3 Å². The van der Waals surface area contributed by atoms with Gasteiger partial charge >= 0.3 is 0 Å². The van der Waals surface area contributed by atoms with Crippen molar-refractivity contribution in [2.45, 2.75) is 0 Å². The molecule has 0 aliphatic carbocycles. The summed E-state index contributed by atoms with van der Waals surface area (Å²) in [4.78, 5) is 2.38. The summed E-state index contributed by atoms with van der Waals surface area (Å²) in [6.45, 7) is 0. The largest absolute Gasteiger partial charge is 0.310 e. The second kappa shape index (κ2) is 13.7. The lowest BCUT2D eigenvalue weighted by Gasteiger charge is -2.27. The fraction of sp³-hybridized carbons (Fsp3) is 0. The van der Waals surface area contributed by atoms with Crippen LogP contribution in [0, 0.1) is 0 Å². The van der Waals surface area contributed by atoms with E-state index < -0.39 is 0 Å². The molecular weight excluding hydrogens is 671 g/mol. The van der Waals surface area contributed by atoms with E-state index >= 15 is 0 Å². The number of nitrogens with zero attached hydrogens (tertiary/aromatic N) is 1. The van der Waals surface area contributed by atoms with Gasteiger partial charge in [-0.3, -0.25) is 0 Å². The highest BCUT2D eigenvalue weighted by atomic mass is 32.1. The monoisotopic (exact) mass is 705 g/mol. The minimum Gasteiger partial charge on any atom is -0.310 e. The van der Waals surface area contributed by atoms with Crippen LogP contribution in [0.5, 0.6) is 0 Å². The first-order valence-electron chi connectivity index (χ1n) is 18.4. The van der Waals surface area contributed by atoms with Crippen LogP contribution in [0.3, 0.4) is 0 Å². The van der Waals surface area contributed by atoms with Gasteiger partial charge in [0.15, 0.2) is 0 Å². The molecule has 254 valence electrons. The number of benzene rings is 9. The summed E-state index contributed by atoms with van der Waals surface area (Å²) in [5.74, 6) is 0. The maximum absolute atomic E-state index is 2.38. The van der Waals surface area contributed by atoms with E-state index in [4.69, 9.17) is 0 Å². The topological polar surface area (TPSA) is 3.24 Å². The van der Waals surface area contributed by atoms with Crippen molar-refractivity contribution in [3.05, 3.63) is 212 Å². The van der Waals surface area contributed by atoms with Crippen LogP contribution < -0.4 is 4.90 Å². The first-order chi connectivity index (χ1) is 26.8. The summed E-state index contributed by atoms with van der Waals surface area (Å²) in [6, 6.07) is 76.9. The van der Waals surface area contributed by atoms with E-state index in [-0.39, 0.29) is 0 Å². The van der Waals surface area contributed by atoms with Crippen molar-refractivity contribution >= 4 is 59.3 Å². The number of hydrogen-bond acceptors (Lipinski definition) is 2. The van der Waals surface area contributed by atoms with Crippen molar-refractivity contribution in [2.75, 3.05) is 4.90 Å². The third kappa shape index (κ3) is 5.65. The Hall–Kier alpha value is -6.74. The summed E-state index contributed by atoms with van der Waals surface area (Å²) >= 11 is 1.90. The normalized spacial score (nSPS) is 11.3. The molecule has 0 N–H and O–H groups in total. The summed E-state index contributed by atoms with van der Waals surface area (Å²) < 4.78 is 2.66. The van der Waals surface area contributed by atoms with Crippen LogP contribution in [0.4, 0.5) is 17.1 Å². The quantitative estimate of drug-likeness (QED) is 0.160. The maximum Gasteiger partial charge on any atom is 0.0540 e. The average Bonchev–Trinajstić information content (AvgIpc) is 3.64. The van der Waals surface area contributed by atoms with Gasteiger partial charge in [0.2, 0.25) is 0 Å². The Labute approximate surface area is 319 Å². The molecular formula is C52H35NS. The lowest BCUT2D eigenvalue weighted by Crippen LogP contribution is -2.10. The van der Waals surface area contributed by atoms with Gasteiger partial charge in [-0.2, -0.15) is 0 Å². The highest BCUT2D eigenvalue weighted by molar-refractivity contribution is 7.26. The molecule has 0 unspecified atom stereocenters. The SMILES string of the molecule is c1ccc(-c2ccc(N(c3ccccc3)c3ccc(-c4cccc(-c5cccc6c5sc5c(-c7ccccc7)cccc56)c4)cc3)c3ccccc23)cc1. The Balaban J connectivity index is 1.04. The molecule has 0 saturated carbocycles. The van der Waals surface area contributed by atoms with Gasteiger partial charge in [-0.15, -0.1) is 11.3 Å². The van der Waals surface area contributed by atoms with E-state index in [9.17, 15) is 0 Å². The zero-order valence-corrected chi connectivity index (χ0v) is 30.4. The van der Waals surface area contributed by atoms with Gasteiger partial charge in [0, 0.05) is 36.9 Å². The van der Waals surface area contributed by atoms with Crippen LogP contribution in [0.2, 0.25) is 0 Å². The van der Waals surface area contributed by atoms with Crippen molar-refractivity contribution in [1.29, 1.82) is 0 Å². The molecule has 0 spiro atoms. The van der Waals surface area contributed by atoms with Gasteiger partial charge in [0.25, 0.3) is 0 Å². The first-order valence-corrected chi connectivity index (χ1v) is 19.2. The highest BCUT2D eigenvalue weighted by Gasteiger charge is 2.18. The molecule has 0 aliphatic heterocycles. The standard InChI is InChI=1S/C52H35NS/c1-4-15-37(16-5-1)43-33-34-50(47-24-11-10-23-46(43)47)53(41-21-8-3-9-22-41)42-31-29-36(30-32-42)39-19-12-20-40(35-39)45-26-14-28-49-48-27-13-25-44(51(48)54-52(45)49)38-17-6-2-7-18-38/h1-35H. The van der Waals surface area contributed by atoms with Crippen LogP contribution in [0.1, 0.15) is 0 Å². The number of fused-ring (bicyclic) bond motifs is 4. The molecule has 1 heterocycles. The number of para-hydroxylation sites is 1. The molecule has 54 heavy (non-hydrogen) atoms. The summed E-state index contributed by atoms with van der Waals surface area (Å²) in [7, 11) is 0. The van der Waals surface area contributed by atoms with Crippen molar-refractivity contribution in [1.82, 2.24) is 0 Å². The lowest BCUT2D eigenvalue weighted by molar-refractivity contribution is 1.30. The molecule has 0 radical (unpaired) electrons. The third-order valence-corrected chi connectivity index (χ3v) is 11.8. The summed E-state index contributed by atoms with van der Waals surface area (Å²) in [5, 5.41) is 5.08. The number of hydrogen-bond donors (Lipinski definition) is 0. The predicted octanol–water partition coefficient (Wildman–Crippen LogP) is 15.3. The molecule has 0 saturated heterocycles. The van der Waals surface area contributed by atoms with Crippen molar-refractivity contribution in [3.63, 3.8) is 0 Å². The van der Waals surface area contributed by atoms with Crippen LogP contribution in [0.15, 0.2) is 212 Å². The van der Waals surface area contributed by atoms with Gasteiger partial charge in [-0.1, -0.05) is 176 Å². The Morgan fingerprint density at radius 2 is 0.759 bits per heavy atom. The summed E-state index contributed by atoms with van der Waals surface area (Å²) in [5.41, 5.74) is 13.3. The molecule has 1 aromatic heterocycles. The minimum atomic E-state index is 1.11. The second-order valence-electron chi connectivity index (χ2n) is 13.7. The molecule has 2 heteroatoms. The van der Waals surface area contributed by atoms with Crippen LogP contribution in [-0.4, -0.2) is 0 Å². The predicted molar refractivity (Wildman–Crippen MR) is 233 cm³/mol. The smallest absolute Gasteiger partial charge is 0.0540 e. The van der Waals surface area contributed by atoms with Gasteiger partial charge in [-0.05, 0) is 86.3 Å². The number of rotatable bonds is 7. The van der Waals surface area contributed by atoms with Crippen molar-refractivity contribution < 1.29 is 0 Å². The molecule has 10 rings (SSSR count). The molecule has 1 nitrogen and oxygen atoms in total. The molecule has 9 aromatic carbocycles. The van der Waals surface area contributed by atoms with E-state index in [0.29, 0.717) is 0 Å². The van der Waals surface area contributed by atoms with Gasteiger partial charge in [0.1, 0.15) is 0 Å². The fourth-order valence-electron chi connectivity index (χ4n) is 7.91. The number of thiophene rings is 1. The van der Waals surface area contributed by atoms with Crippen molar-refractivity contribution in [3.8, 4) is 44.5 Å². The van der Waals surface area contributed by atoms with Crippen LogP contribution in [-0.2, 0) is 0 Å². The van der Waals surface area contributed by atoms with Crippen molar-refractivity contribution in [2.24, 2.45) is 0 Å². The molecule has 0 atom stereocenters. The fourth-order valence-corrected chi connectivity index (χ4v) is 9.29. The Morgan fingerprint density at radius 3 is 1.43 bits per heavy atom. The average molecular weight is 706 g/mol. The van der Waals surface area contributed by atoms with E-state index in [0.717, 1.165) is 17.1 Å². The van der Waals surface area contributed by atoms with Gasteiger partial charge in [0.05, 0.1) is 5.69 Å². The lowest BCUT2D eigenvalue weighted by atomic mass is 9.96. The highest BCUT2D eigenvalue weighted by Crippen LogP contribution is 2.45. The third-order valence-electron chi connectivity index (χ3n) is 10.5. The van der Waals surface area contributed by atoms with E-state index in [1.165, 1.54) is 75.5 Å². The van der Waals surface area contributed by atoms with E-state index in [2.05, 4.69) is 217 Å². The first kappa shape index (κ1) is 32.0. The molecule has 0 aliphatic rings.